The molecule has 0 aliphatic rings. The van der Waals surface area contributed by atoms with E-state index in [2.05, 4.69) is 15.3 Å². The average Bonchev–Trinajstić information content (AvgIpc) is 2.69. The average molecular weight is 424 g/mol. The normalized spacial score (nSPS) is 10.8. The van der Waals surface area contributed by atoms with Gasteiger partial charge in [-0.1, -0.05) is 11.6 Å². The molecule has 8 heteroatoms. The molecule has 0 fully saturated rings. The van der Waals surface area contributed by atoms with Crippen LogP contribution in [0.2, 0.25) is 5.02 Å². The van der Waals surface area contributed by atoms with Gasteiger partial charge in [0.05, 0.1) is 5.52 Å². The van der Waals surface area contributed by atoms with Crippen LogP contribution < -0.4 is 15.6 Å². The van der Waals surface area contributed by atoms with Crippen molar-refractivity contribution in [2.75, 3.05) is 5.32 Å². The van der Waals surface area contributed by atoms with Crippen LogP contribution in [0.25, 0.3) is 10.9 Å². The van der Waals surface area contributed by atoms with Crippen molar-refractivity contribution < 1.29 is 13.9 Å². The minimum absolute atomic E-state index is 0.0144. The molecule has 0 unspecified atom stereocenters. The Balaban J connectivity index is 1.57. The number of hydrogen-bond acceptors (Lipinski definition) is 4. The molecule has 0 radical (unpaired) electrons. The monoisotopic (exact) mass is 423 g/mol. The predicted molar refractivity (Wildman–Crippen MR) is 113 cm³/mol. The highest BCUT2D eigenvalue weighted by molar-refractivity contribution is 6.31. The second kappa shape index (κ2) is 7.96. The third-order valence-corrected chi connectivity index (χ3v) is 4.54. The van der Waals surface area contributed by atoms with E-state index in [0.29, 0.717) is 27.2 Å². The van der Waals surface area contributed by atoms with Crippen LogP contribution in [-0.4, -0.2) is 15.9 Å². The largest absolute Gasteiger partial charge is 0.454 e. The first-order chi connectivity index (χ1) is 14.4. The number of nitrogens with one attached hydrogen (secondary N) is 2. The Hall–Kier alpha value is -3.71. The molecule has 1 amide bonds. The van der Waals surface area contributed by atoms with Crippen molar-refractivity contribution in [1.29, 1.82) is 0 Å². The highest BCUT2D eigenvalue weighted by Gasteiger charge is 2.12. The number of halogens is 2. The first-order valence-corrected chi connectivity index (χ1v) is 9.31. The molecule has 2 aromatic carbocycles. The zero-order chi connectivity index (χ0) is 21.3. The number of anilines is 1. The van der Waals surface area contributed by atoms with Gasteiger partial charge < -0.3 is 15.0 Å². The molecular weight excluding hydrogens is 409 g/mol. The highest BCUT2D eigenvalue weighted by atomic mass is 35.5. The molecule has 4 rings (SSSR count). The van der Waals surface area contributed by atoms with Crippen LogP contribution in [0.4, 0.5) is 10.1 Å². The quantitative estimate of drug-likeness (QED) is 0.480. The standard InChI is InChI=1S/C22H15ClFN3O3/c1-12-8-18(27-21(28)9-12)22(29)26-14-3-5-20(16(24)11-14)30-19-6-7-25-17-10-13(23)2-4-15(17)19/h2-11H,1H3,(H,26,29)(H,27,28). The summed E-state index contributed by atoms with van der Waals surface area (Å²) in [6, 6.07) is 13.7. The Morgan fingerprint density at radius 2 is 1.93 bits per heavy atom. The number of carbonyl (C=O) groups is 1. The molecule has 150 valence electrons. The van der Waals surface area contributed by atoms with E-state index in [-0.39, 0.29) is 22.7 Å². The lowest BCUT2D eigenvalue weighted by atomic mass is 10.2. The molecule has 0 saturated heterocycles. The Labute approximate surface area is 175 Å². The van der Waals surface area contributed by atoms with Crippen molar-refractivity contribution in [1.82, 2.24) is 9.97 Å². The third kappa shape index (κ3) is 4.16. The van der Waals surface area contributed by atoms with Crippen LogP contribution in [0, 0.1) is 12.7 Å². The van der Waals surface area contributed by atoms with Crippen LogP contribution in [0.1, 0.15) is 16.1 Å². The second-order valence-electron chi connectivity index (χ2n) is 6.61. The molecule has 0 spiro atoms. The van der Waals surface area contributed by atoms with Crippen molar-refractivity contribution in [2.24, 2.45) is 0 Å². The first kappa shape index (κ1) is 19.6. The van der Waals surface area contributed by atoms with E-state index in [1.165, 1.54) is 24.3 Å². The number of aromatic amines is 1. The van der Waals surface area contributed by atoms with E-state index in [9.17, 15) is 14.0 Å². The summed E-state index contributed by atoms with van der Waals surface area (Å²) in [5, 5.41) is 3.77. The van der Waals surface area contributed by atoms with Crippen molar-refractivity contribution in [3.63, 3.8) is 0 Å². The lowest BCUT2D eigenvalue weighted by molar-refractivity contribution is 0.102. The van der Waals surface area contributed by atoms with Gasteiger partial charge >= 0.3 is 0 Å². The number of ether oxygens (including phenoxy) is 1. The fourth-order valence-corrected chi connectivity index (χ4v) is 3.13. The third-order valence-electron chi connectivity index (χ3n) is 4.31. The lowest BCUT2D eigenvalue weighted by Crippen LogP contribution is -2.18. The number of H-pyrrole nitrogens is 1. The molecule has 2 heterocycles. The molecule has 0 bridgehead atoms. The number of fused-ring (bicyclic) bond motifs is 1. The van der Waals surface area contributed by atoms with Crippen molar-refractivity contribution in [2.45, 2.75) is 6.92 Å². The summed E-state index contributed by atoms with van der Waals surface area (Å²) in [5.74, 6) is -0.811. The van der Waals surface area contributed by atoms with Gasteiger partial charge in [0, 0.05) is 34.4 Å². The molecule has 6 nitrogen and oxygen atoms in total. The highest BCUT2D eigenvalue weighted by Crippen LogP contribution is 2.32. The van der Waals surface area contributed by atoms with Crippen molar-refractivity contribution >= 4 is 34.1 Å². The summed E-state index contributed by atoms with van der Waals surface area (Å²) in [4.78, 5) is 30.5. The summed E-state index contributed by atoms with van der Waals surface area (Å²) < 4.78 is 20.3. The number of benzene rings is 2. The molecular formula is C22H15ClFN3O3. The van der Waals surface area contributed by atoms with Crippen LogP contribution in [0.15, 0.2) is 65.6 Å². The van der Waals surface area contributed by atoms with Gasteiger partial charge in [-0.25, -0.2) is 4.39 Å². The van der Waals surface area contributed by atoms with Crippen molar-refractivity contribution in [3.8, 4) is 11.5 Å². The van der Waals surface area contributed by atoms with Gasteiger partial charge in [-0.15, -0.1) is 0 Å². The van der Waals surface area contributed by atoms with Crippen molar-refractivity contribution in [3.05, 3.63) is 93.2 Å². The summed E-state index contributed by atoms with van der Waals surface area (Å²) >= 11 is 5.98. The fourth-order valence-electron chi connectivity index (χ4n) is 2.97. The number of hydrogen-bond donors (Lipinski definition) is 2. The molecule has 0 saturated carbocycles. The minimum Gasteiger partial charge on any atom is -0.454 e. The number of nitrogens with zero attached hydrogens (tertiary/aromatic N) is 1. The molecule has 0 aliphatic carbocycles. The van der Waals surface area contributed by atoms with E-state index >= 15 is 0 Å². The number of pyridine rings is 2. The molecule has 2 N–H and O–H groups in total. The number of carbonyl (C=O) groups excluding carboxylic acids is 1. The van der Waals surface area contributed by atoms with Crippen LogP contribution in [-0.2, 0) is 0 Å². The van der Waals surface area contributed by atoms with Gasteiger partial charge in [0.1, 0.15) is 11.4 Å². The maximum atomic E-state index is 14.6. The summed E-state index contributed by atoms with van der Waals surface area (Å²) in [7, 11) is 0. The summed E-state index contributed by atoms with van der Waals surface area (Å²) in [5.41, 5.74) is 1.18. The summed E-state index contributed by atoms with van der Waals surface area (Å²) in [6.07, 6.45) is 1.54. The Bertz CT molecular complexity index is 1340. The van der Waals surface area contributed by atoms with Gasteiger partial charge in [-0.05, 0) is 55.0 Å². The van der Waals surface area contributed by atoms with Gasteiger partial charge in [-0.3, -0.25) is 14.6 Å². The van der Waals surface area contributed by atoms with E-state index in [1.54, 1.807) is 37.4 Å². The first-order valence-electron chi connectivity index (χ1n) is 8.93. The molecule has 2 aromatic heterocycles. The molecule has 30 heavy (non-hydrogen) atoms. The lowest BCUT2D eigenvalue weighted by Gasteiger charge is -2.11. The Kier molecular flexibility index (Phi) is 5.20. The predicted octanol–water partition coefficient (Wildman–Crippen LogP) is 5.07. The smallest absolute Gasteiger partial charge is 0.272 e. The zero-order valence-corrected chi connectivity index (χ0v) is 16.5. The Morgan fingerprint density at radius 1 is 1.10 bits per heavy atom. The molecule has 4 aromatic rings. The zero-order valence-electron chi connectivity index (χ0n) is 15.7. The van der Waals surface area contributed by atoms with E-state index in [0.717, 1.165) is 6.07 Å². The van der Waals surface area contributed by atoms with Gasteiger partial charge in [0.25, 0.3) is 5.91 Å². The number of aromatic nitrogens is 2. The van der Waals surface area contributed by atoms with Crippen LogP contribution in [0.5, 0.6) is 11.5 Å². The molecule has 0 atom stereocenters. The topological polar surface area (TPSA) is 84.1 Å². The van der Waals surface area contributed by atoms with E-state index < -0.39 is 11.7 Å². The SMILES string of the molecule is Cc1cc(C(=O)Nc2ccc(Oc3ccnc4cc(Cl)ccc34)c(F)c2)[nH]c(=O)c1. The number of aryl methyl sites for hydroxylation is 1. The van der Waals surface area contributed by atoms with Crippen LogP contribution >= 0.6 is 11.6 Å². The minimum atomic E-state index is -0.663. The maximum absolute atomic E-state index is 14.6. The summed E-state index contributed by atoms with van der Waals surface area (Å²) in [6.45, 7) is 1.70. The fraction of sp³-hybridized carbons (Fsp3) is 0.0455. The van der Waals surface area contributed by atoms with Crippen LogP contribution in [0.3, 0.4) is 0 Å². The molecule has 0 aliphatic heterocycles. The number of rotatable bonds is 4. The van der Waals surface area contributed by atoms with Gasteiger partial charge in [-0.2, -0.15) is 0 Å². The van der Waals surface area contributed by atoms with Gasteiger partial charge in [0.15, 0.2) is 11.6 Å². The van der Waals surface area contributed by atoms with E-state index in [1.807, 2.05) is 0 Å². The van der Waals surface area contributed by atoms with Gasteiger partial charge in [0.2, 0.25) is 5.56 Å². The maximum Gasteiger partial charge on any atom is 0.272 e. The number of amides is 1. The van der Waals surface area contributed by atoms with E-state index in [4.69, 9.17) is 16.3 Å². The second-order valence-corrected chi connectivity index (χ2v) is 7.04. The Morgan fingerprint density at radius 3 is 2.70 bits per heavy atom.